The summed E-state index contributed by atoms with van der Waals surface area (Å²) in [5.41, 5.74) is 2.32. The number of nitrogens with zero attached hydrogens (tertiary/aromatic N) is 1. The van der Waals surface area contributed by atoms with E-state index < -0.39 is 0 Å². The van der Waals surface area contributed by atoms with Gasteiger partial charge < -0.3 is 15.0 Å². The van der Waals surface area contributed by atoms with E-state index in [1.54, 1.807) is 0 Å². The molecule has 2 aromatic carbocycles. The third-order valence-electron chi connectivity index (χ3n) is 5.88. The average molecular weight is 379 g/mol. The number of anilines is 1. The molecule has 4 nitrogen and oxygen atoms in total. The second-order valence-corrected chi connectivity index (χ2v) is 8.01. The fraction of sp³-hybridized carbons (Fsp3) is 0.458. The van der Waals surface area contributed by atoms with E-state index in [-0.39, 0.29) is 11.9 Å². The Morgan fingerprint density at radius 2 is 1.68 bits per heavy atom. The Labute approximate surface area is 167 Å². The third kappa shape index (κ3) is 4.67. The summed E-state index contributed by atoms with van der Waals surface area (Å²) in [7, 11) is 0. The van der Waals surface area contributed by atoms with Gasteiger partial charge in [-0.3, -0.25) is 4.79 Å². The van der Waals surface area contributed by atoms with Gasteiger partial charge in [0.15, 0.2) is 0 Å². The minimum atomic E-state index is 0.0425. The van der Waals surface area contributed by atoms with Crippen LogP contribution >= 0.6 is 0 Å². The van der Waals surface area contributed by atoms with Crippen molar-refractivity contribution in [3.05, 3.63) is 60.2 Å². The lowest BCUT2D eigenvalue weighted by Crippen LogP contribution is -2.46. The Hall–Kier alpha value is -2.49. The highest BCUT2D eigenvalue weighted by atomic mass is 16.5. The van der Waals surface area contributed by atoms with Crippen molar-refractivity contribution in [1.82, 2.24) is 5.32 Å². The van der Waals surface area contributed by atoms with Gasteiger partial charge in [-0.25, -0.2) is 0 Å². The smallest absolute Gasteiger partial charge is 0.222 e. The van der Waals surface area contributed by atoms with Crippen molar-refractivity contribution < 1.29 is 9.53 Å². The molecule has 1 atom stereocenters. The van der Waals surface area contributed by atoms with E-state index in [9.17, 15) is 4.79 Å². The average Bonchev–Trinajstić information content (AvgIpc) is 2.99. The summed E-state index contributed by atoms with van der Waals surface area (Å²) >= 11 is 0. The van der Waals surface area contributed by atoms with E-state index in [0.717, 1.165) is 30.8 Å². The summed E-state index contributed by atoms with van der Waals surface area (Å²) in [5, 5.41) is 3.29. The highest BCUT2D eigenvalue weighted by molar-refractivity contribution is 5.78. The van der Waals surface area contributed by atoms with Crippen LogP contribution in [-0.4, -0.2) is 24.6 Å². The van der Waals surface area contributed by atoms with E-state index in [2.05, 4.69) is 40.5 Å². The van der Waals surface area contributed by atoms with Gasteiger partial charge in [0.2, 0.25) is 5.91 Å². The lowest BCUT2D eigenvalue weighted by molar-refractivity contribution is -0.122. The fourth-order valence-electron chi connectivity index (χ4n) is 4.38. The molecule has 1 unspecified atom stereocenters. The summed E-state index contributed by atoms with van der Waals surface area (Å²) in [6.45, 7) is 1.32. The normalized spacial score (nSPS) is 20.0. The molecule has 28 heavy (non-hydrogen) atoms. The molecule has 1 N–H and O–H groups in total. The Balaban J connectivity index is 1.47. The van der Waals surface area contributed by atoms with Crippen LogP contribution in [0.1, 0.15) is 50.5 Å². The van der Waals surface area contributed by atoms with E-state index in [0.29, 0.717) is 19.1 Å². The van der Waals surface area contributed by atoms with Crippen LogP contribution < -0.4 is 15.0 Å². The molecule has 2 aromatic rings. The first-order chi connectivity index (χ1) is 13.8. The molecular formula is C24H30N2O2. The van der Waals surface area contributed by atoms with Crippen molar-refractivity contribution in [2.75, 3.05) is 11.5 Å². The molecule has 148 valence electrons. The second kappa shape index (κ2) is 9.13. The Morgan fingerprint density at radius 3 is 2.46 bits per heavy atom. The number of nitrogens with one attached hydrogen (secondary N) is 1. The van der Waals surface area contributed by atoms with Crippen molar-refractivity contribution in [2.45, 2.75) is 63.6 Å². The molecule has 1 saturated carbocycles. The summed E-state index contributed by atoms with van der Waals surface area (Å²) in [4.78, 5) is 15.1. The maximum atomic E-state index is 12.8. The zero-order chi connectivity index (χ0) is 19.2. The number of hydrogen-bond acceptors (Lipinski definition) is 3. The molecule has 4 rings (SSSR count). The van der Waals surface area contributed by atoms with E-state index in [1.165, 1.54) is 31.2 Å². The number of para-hydroxylation sites is 2. The van der Waals surface area contributed by atoms with Gasteiger partial charge >= 0.3 is 0 Å². The topological polar surface area (TPSA) is 41.6 Å². The predicted molar refractivity (Wildman–Crippen MR) is 113 cm³/mol. The number of carbonyl (C=O) groups is 1. The molecule has 4 heteroatoms. The number of benzene rings is 2. The van der Waals surface area contributed by atoms with Gasteiger partial charge in [0.05, 0.1) is 18.2 Å². The summed E-state index contributed by atoms with van der Waals surface area (Å²) in [6, 6.07) is 19.0. The zero-order valence-corrected chi connectivity index (χ0v) is 16.5. The number of amides is 1. The number of carbonyl (C=O) groups excluding carboxylic acids is 1. The SMILES string of the molecule is O=C(CC1COc2ccccc2N1Cc1ccccc1)NC1CCCCCC1. The molecule has 2 aliphatic rings. The van der Waals surface area contributed by atoms with Crippen molar-refractivity contribution in [1.29, 1.82) is 0 Å². The number of fused-ring (bicyclic) bond motifs is 1. The molecule has 0 spiro atoms. The molecule has 0 aromatic heterocycles. The first-order valence-corrected chi connectivity index (χ1v) is 10.6. The number of hydrogen-bond donors (Lipinski definition) is 1. The highest BCUT2D eigenvalue weighted by Crippen LogP contribution is 2.35. The third-order valence-corrected chi connectivity index (χ3v) is 5.88. The predicted octanol–water partition coefficient (Wildman–Crippen LogP) is 4.68. The summed E-state index contributed by atoms with van der Waals surface area (Å²) < 4.78 is 5.99. The molecule has 1 aliphatic carbocycles. The molecule has 0 bridgehead atoms. The van der Waals surface area contributed by atoms with Crippen LogP contribution in [0.15, 0.2) is 54.6 Å². The van der Waals surface area contributed by atoms with Gasteiger partial charge in [0.25, 0.3) is 0 Å². The van der Waals surface area contributed by atoms with Crippen LogP contribution in [0, 0.1) is 0 Å². The summed E-state index contributed by atoms with van der Waals surface area (Å²) in [6.07, 6.45) is 7.75. The molecule has 0 saturated heterocycles. The van der Waals surface area contributed by atoms with Gasteiger partial charge in [-0.1, -0.05) is 68.1 Å². The first kappa shape index (κ1) is 18.9. The van der Waals surface area contributed by atoms with Gasteiger partial charge in [-0.15, -0.1) is 0 Å². The molecule has 1 aliphatic heterocycles. The van der Waals surface area contributed by atoms with Crippen LogP contribution in [0.25, 0.3) is 0 Å². The molecular weight excluding hydrogens is 348 g/mol. The lowest BCUT2D eigenvalue weighted by Gasteiger charge is -2.38. The zero-order valence-electron chi connectivity index (χ0n) is 16.5. The lowest BCUT2D eigenvalue weighted by atomic mass is 10.0. The minimum absolute atomic E-state index is 0.0425. The van der Waals surface area contributed by atoms with Crippen LogP contribution in [0.2, 0.25) is 0 Å². The monoisotopic (exact) mass is 378 g/mol. The van der Waals surface area contributed by atoms with Crippen LogP contribution in [0.4, 0.5) is 5.69 Å². The van der Waals surface area contributed by atoms with Crippen molar-refractivity contribution in [3.63, 3.8) is 0 Å². The van der Waals surface area contributed by atoms with Crippen LogP contribution in [0.3, 0.4) is 0 Å². The molecule has 0 radical (unpaired) electrons. The van der Waals surface area contributed by atoms with E-state index >= 15 is 0 Å². The highest BCUT2D eigenvalue weighted by Gasteiger charge is 2.30. The van der Waals surface area contributed by atoms with Gasteiger partial charge in [-0.05, 0) is 30.5 Å². The largest absolute Gasteiger partial charge is 0.489 e. The van der Waals surface area contributed by atoms with Crippen molar-refractivity contribution in [3.8, 4) is 5.75 Å². The maximum absolute atomic E-state index is 12.8. The maximum Gasteiger partial charge on any atom is 0.222 e. The number of ether oxygens (including phenoxy) is 1. The van der Waals surface area contributed by atoms with Gasteiger partial charge in [-0.2, -0.15) is 0 Å². The Bertz CT molecular complexity index is 769. The summed E-state index contributed by atoms with van der Waals surface area (Å²) in [5.74, 6) is 1.05. The van der Waals surface area contributed by atoms with E-state index in [4.69, 9.17) is 4.74 Å². The van der Waals surface area contributed by atoms with Crippen molar-refractivity contribution >= 4 is 11.6 Å². The molecule has 1 fully saturated rings. The van der Waals surface area contributed by atoms with Gasteiger partial charge in [0, 0.05) is 12.6 Å². The van der Waals surface area contributed by atoms with Crippen LogP contribution in [-0.2, 0) is 11.3 Å². The number of rotatable bonds is 5. The fourth-order valence-corrected chi connectivity index (χ4v) is 4.38. The first-order valence-electron chi connectivity index (χ1n) is 10.6. The van der Waals surface area contributed by atoms with E-state index in [1.807, 2.05) is 24.3 Å². The van der Waals surface area contributed by atoms with Gasteiger partial charge in [0.1, 0.15) is 12.4 Å². The quantitative estimate of drug-likeness (QED) is 0.768. The Kier molecular flexibility index (Phi) is 6.15. The van der Waals surface area contributed by atoms with Crippen molar-refractivity contribution in [2.24, 2.45) is 0 Å². The minimum Gasteiger partial charge on any atom is -0.489 e. The second-order valence-electron chi connectivity index (χ2n) is 8.01. The molecule has 1 amide bonds. The standard InChI is InChI=1S/C24H30N2O2/c27-24(25-20-12-6-1-2-7-13-20)16-21-18-28-23-15-9-8-14-22(23)26(21)17-19-10-4-3-5-11-19/h3-5,8-11,14-15,20-21H,1-2,6-7,12-13,16-18H2,(H,25,27). The molecule has 1 heterocycles. The Morgan fingerprint density at radius 1 is 0.964 bits per heavy atom. The van der Waals surface area contributed by atoms with Crippen LogP contribution in [0.5, 0.6) is 5.75 Å².